The van der Waals surface area contributed by atoms with Crippen LogP contribution < -0.4 is 0 Å². The molecule has 1 rings (SSSR count). The van der Waals surface area contributed by atoms with E-state index < -0.39 is 13.0 Å². The Hall–Kier alpha value is -0.630. The lowest BCUT2D eigenvalue weighted by atomic mass is 9.45. The van der Waals surface area contributed by atoms with Crippen LogP contribution in [0.15, 0.2) is 30.3 Å². The summed E-state index contributed by atoms with van der Waals surface area (Å²) >= 11 is 0. The Morgan fingerprint density at radius 3 is 1.54 bits per heavy atom. The van der Waals surface area contributed by atoms with Crippen molar-refractivity contribution in [1.82, 2.24) is 0 Å². The molecule has 1 aromatic carbocycles. The summed E-state index contributed by atoms with van der Waals surface area (Å²) < 4.78 is 12.4. The van der Waals surface area contributed by atoms with Crippen molar-refractivity contribution in [2.75, 3.05) is 6.16 Å². The molecule has 3 nitrogen and oxygen atoms in total. The van der Waals surface area contributed by atoms with Gasteiger partial charge >= 0.3 is 7.60 Å². The summed E-state index contributed by atoms with van der Waals surface area (Å²) in [6, 6.07) is 10.2. The predicted molar refractivity (Wildman–Crippen MR) is 111 cm³/mol. The number of benzene rings is 1. The Kier molecular flexibility index (Phi) is 7.73. The van der Waals surface area contributed by atoms with E-state index in [0.717, 1.165) is 5.56 Å². The number of rotatable bonds is 9. The van der Waals surface area contributed by atoms with Crippen molar-refractivity contribution in [3.05, 3.63) is 35.9 Å². The van der Waals surface area contributed by atoms with E-state index in [0.29, 0.717) is 24.2 Å². The van der Waals surface area contributed by atoms with Crippen LogP contribution >= 0.6 is 7.60 Å². The van der Waals surface area contributed by atoms with Crippen LogP contribution in [-0.4, -0.2) is 15.9 Å². The fraction of sp³-hybridized carbons (Fsp3) is 0.727. The summed E-state index contributed by atoms with van der Waals surface area (Å²) in [5, 5.41) is 0. The second-order valence-corrected chi connectivity index (χ2v) is 10.8. The SMILES string of the molecule is CC(C)C(Cc1ccccc1)(CP(=O)(O)O)C(C(C)C)(C(C)C)C(C)C. The molecule has 0 aliphatic carbocycles. The van der Waals surface area contributed by atoms with Crippen molar-refractivity contribution in [3.63, 3.8) is 0 Å². The zero-order valence-corrected chi connectivity index (χ0v) is 18.8. The number of hydrogen-bond donors (Lipinski definition) is 2. The molecule has 0 fully saturated rings. The molecule has 0 heterocycles. The molecule has 1 atom stereocenters. The standard InChI is InChI=1S/C22H39O3P/c1-16(2)21(15-26(23,24)25,14-20-12-10-9-11-13-20)22(17(3)4,18(5)6)19(7)8/h9-13,16-19H,14-15H2,1-8H3,(H2,23,24,25). The van der Waals surface area contributed by atoms with E-state index in [1.807, 2.05) is 18.2 Å². The summed E-state index contributed by atoms with van der Waals surface area (Å²) in [5.41, 5.74) is 0.461. The molecule has 0 bridgehead atoms. The van der Waals surface area contributed by atoms with Crippen molar-refractivity contribution in [2.24, 2.45) is 34.5 Å². The molecule has 0 saturated carbocycles. The lowest BCUT2D eigenvalue weighted by molar-refractivity contribution is -0.110. The van der Waals surface area contributed by atoms with Gasteiger partial charge in [0.15, 0.2) is 0 Å². The molecule has 0 radical (unpaired) electrons. The van der Waals surface area contributed by atoms with E-state index in [1.54, 1.807) is 0 Å². The quantitative estimate of drug-likeness (QED) is 0.515. The Balaban J connectivity index is 3.81. The van der Waals surface area contributed by atoms with Crippen LogP contribution in [-0.2, 0) is 11.0 Å². The molecule has 4 heteroatoms. The fourth-order valence-corrected chi connectivity index (χ4v) is 7.77. The molecule has 0 saturated heterocycles. The molecule has 0 aromatic heterocycles. The van der Waals surface area contributed by atoms with Gasteiger partial charge in [-0.25, -0.2) is 0 Å². The fourth-order valence-electron chi connectivity index (χ4n) is 6.29. The predicted octanol–water partition coefficient (Wildman–Crippen LogP) is 6.00. The molecule has 0 spiro atoms. The van der Waals surface area contributed by atoms with Gasteiger partial charge < -0.3 is 9.79 Å². The largest absolute Gasteiger partial charge is 0.326 e. The van der Waals surface area contributed by atoms with Crippen molar-refractivity contribution < 1.29 is 14.4 Å². The summed E-state index contributed by atoms with van der Waals surface area (Å²) in [5.74, 6) is 1.06. The highest BCUT2D eigenvalue weighted by Crippen LogP contribution is 2.64. The monoisotopic (exact) mass is 382 g/mol. The summed E-state index contributed by atoms with van der Waals surface area (Å²) in [4.78, 5) is 20.2. The Labute approximate surface area is 160 Å². The van der Waals surface area contributed by atoms with Gasteiger partial charge in [-0.1, -0.05) is 85.7 Å². The Bertz CT molecular complexity index is 579. The van der Waals surface area contributed by atoms with E-state index in [2.05, 4.69) is 67.5 Å². The van der Waals surface area contributed by atoms with Crippen LogP contribution in [0.5, 0.6) is 0 Å². The highest BCUT2D eigenvalue weighted by Gasteiger charge is 2.59. The first-order valence-electron chi connectivity index (χ1n) is 9.89. The second kappa shape index (κ2) is 8.59. The van der Waals surface area contributed by atoms with E-state index in [1.165, 1.54) is 0 Å². The van der Waals surface area contributed by atoms with Gasteiger partial charge in [0.2, 0.25) is 0 Å². The number of hydrogen-bond acceptors (Lipinski definition) is 1. The maximum absolute atomic E-state index is 12.4. The van der Waals surface area contributed by atoms with Gasteiger partial charge in [-0.05, 0) is 46.5 Å². The van der Waals surface area contributed by atoms with E-state index in [4.69, 9.17) is 0 Å². The zero-order chi connectivity index (χ0) is 20.3. The molecule has 1 unspecified atom stereocenters. The average molecular weight is 383 g/mol. The van der Waals surface area contributed by atoms with E-state index in [-0.39, 0.29) is 17.5 Å². The van der Waals surface area contributed by atoms with Crippen molar-refractivity contribution in [1.29, 1.82) is 0 Å². The van der Waals surface area contributed by atoms with Crippen LogP contribution in [0.4, 0.5) is 0 Å². The smallest absolute Gasteiger partial charge is 0.324 e. The first-order chi connectivity index (χ1) is 11.8. The average Bonchev–Trinajstić information content (AvgIpc) is 2.45. The topological polar surface area (TPSA) is 57.5 Å². The van der Waals surface area contributed by atoms with Gasteiger partial charge in [0.25, 0.3) is 0 Å². The van der Waals surface area contributed by atoms with Gasteiger partial charge in [0.05, 0.1) is 6.16 Å². The van der Waals surface area contributed by atoms with Gasteiger partial charge in [0, 0.05) is 0 Å². The minimum Gasteiger partial charge on any atom is -0.324 e. The molecular formula is C22H39O3P. The second-order valence-electron chi connectivity index (χ2n) is 9.19. The molecule has 0 aliphatic heterocycles. The molecule has 26 heavy (non-hydrogen) atoms. The lowest BCUT2D eigenvalue weighted by Crippen LogP contribution is -2.58. The minimum absolute atomic E-state index is 0.0684. The molecule has 2 N–H and O–H groups in total. The first kappa shape index (κ1) is 23.4. The first-order valence-corrected chi connectivity index (χ1v) is 11.7. The van der Waals surface area contributed by atoms with Crippen LogP contribution in [0.1, 0.15) is 61.0 Å². The third-order valence-electron chi connectivity index (χ3n) is 6.68. The third kappa shape index (κ3) is 4.43. The molecular weight excluding hydrogens is 343 g/mol. The van der Waals surface area contributed by atoms with Gasteiger partial charge in [-0.2, -0.15) is 0 Å². The van der Waals surface area contributed by atoms with Gasteiger partial charge in [-0.3, -0.25) is 4.57 Å². The van der Waals surface area contributed by atoms with E-state index in [9.17, 15) is 14.4 Å². The summed E-state index contributed by atoms with van der Waals surface area (Å²) in [6.07, 6.45) is 0.617. The van der Waals surface area contributed by atoms with Crippen molar-refractivity contribution >= 4 is 7.60 Å². The molecule has 1 aromatic rings. The van der Waals surface area contributed by atoms with Crippen molar-refractivity contribution in [3.8, 4) is 0 Å². The minimum atomic E-state index is -4.19. The molecule has 150 valence electrons. The van der Waals surface area contributed by atoms with Crippen LogP contribution in [0, 0.1) is 34.5 Å². The summed E-state index contributed by atoms with van der Waals surface area (Å²) in [7, 11) is -4.19. The van der Waals surface area contributed by atoms with Crippen LogP contribution in [0.25, 0.3) is 0 Å². The maximum Gasteiger partial charge on any atom is 0.326 e. The normalized spacial score (nSPS) is 15.9. The third-order valence-corrected chi connectivity index (χ3v) is 7.66. The highest BCUT2D eigenvalue weighted by molar-refractivity contribution is 7.51. The molecule has 0 aliphatic rings. The highest BCUT2D eigenvalue weighted by atomic mass is 31.2. The van der Waals surface area contributed by atoms with Crippen molar-refractivity contribution in [2.45, 2.75) is 61.8 Å². The van der Waals surface area contributed by atoms with Gasteiger partial charge in [-0.15, -0.1) is 0 Å². The lowest BCUT2D eigenvalue weighted by Gasteiger charge is -2.61. The Morgan fingerprint density at radius 2 is 1.23 bits per heavy atom. The molecule has 0 amide bonds. The van der Waals surface area contributed by atoms with Gasteiger partial charge in [0.1, 0.15) is 0 Å². The zero-order valence-electron chi connectivity index (χ0n) is 17.9. The maximum atomic E-state index is 12.4. The summed E-state index contributed by atoms with van der Waals surface area (Å²) in [6.45, 7) is 17.6. The van der Waals surface area contributed by atoms with Crippen LogP contribution in [0.3, 0.4) is 0 Å². The Morgan fingerprint density at radius 1 is 0.808 bits per heavy atom. The van der Waals surface area contributed by atoms with E-state index >= 15 is 0 Å². The van der Waals surface area contributed by atoms with Crippen LogP contribution in [0.2, 0.25) is 0 Å².